The van der Waals surface area contributed by atoms with Crippen LogP contribution in [0.4, 0.5) is 0 Å². The van der Waals surface area contributed by atoms with Gasteiger partial charge in [-0.3, -0.25) is 4.79 Å². The molecular weight excluding hydrogens is 196 g/mol. The fourth-order valence-electron chi connectivity index (χ4n) is 2.03. The van der Waals surface area contributed by atoms with Gasteiger partial charge in [-0.1, -0.05) is 0 Å². The third-order valence-electron chi connectivity index (χ3n) is 3.20. The van der Waals surface area contributed by atoms with Crippen molar-refractivity contribution in [2.45, 2.75) is 37.3 Å². The molecule has 15 heavy (non-hydrogen) atoms. The molecule has 2 N–H and O–H groups in total. The normalized spacial score (nSPS) is 27.6. The minimum Gasteiger partial charge on any atom is -0.467 e. The molecule has 5 nitrogen and oxygen atoms in total. The van der Waals surface area contributed by atoms with E-state index in [1.165, 1.54) is 7.11 Å². The summed E-state index contributed by atoms with van der Waals surface area (Å²) in [6, 6.07) is -0.413. The smallest absolute Gasteiger partial charge is 0.328 e. The van der Waals surface area contributed by atoms with Crippen molar-refractivity contribution in [3.63, 3.8) is 0 Å². The topological polar surface area (TPSA) is 72.6 Å². The molecule has 1 saturated heterocycles. The van der Waals surface area contributed by atoms with Gasteiger partial charge in [0.2, 0.25) is 5.91 Å². The molecule has 2 fully saturated rings. The highest BCUT2D eigenvalue weighted by Gasteiger charge is 2.51. The molecule has 2 aliphatic rings. The Labute approximate surface area is 88.5 Å². The number of esters is 1. The fraction of sp³-hybridized carbons (Fsp3) is 0.800. The predicted octanol–water partition coefficient (Wildman–Crippen LogP) is -0.358. The van der Waals surface area contributed by atoms with Crippen LogP contribution in [0.15, 0.2) is 0 Å². The van der Waals surface area contributed by atoms with Crippen molar-refractivity contribution in [3.8, 4) is 0 Å². The minimum atomic E-state index is -0.684. The van der Waals surface area contributed by atoms with E-state index < -0.39 is 11.6 Å². The zero-order chi connectivity index (χ0) is 11.1. The van der Waals surface area contributed by atoms with Gasteiger partial charge in [-0.25, -0.2) is 4.79 Å². The van der Waals surface area contributed by atoms with Gasteiger partial charge >= 0.3 is 5.97 Å². The van der Waals surface area contributed by atoms with Gasteiger partial charge in [0.25, 0.3) is 0 Å². The number of amides is 1. The molecule has 0 aromatic heterocycles. The summed E-state index contributed by atoms with van der Waals surface area (Å²) in [5, 5.41) is 0. The number of ether oxygens (including phenoxy) is 1. The number of nitrogens with zero attached hydrogens (tertiary/aromatic N) is 1. The van der Waals surface area contributed by atoms with Crippen LogP contribution in [-0.4, -0.2) is 42.0 Å². The molecule has 1 aliphatic carbocycles. The quantitative estimate of drug-likeness (QED) is 0.634. The molecule has 0 aromatic rings. The number of hydrogen-bond acceptors (Lipinski definition) is 4. The highest BCUT2D eigenvalue weighted by molar-refractivity contribution is 5.93. The maximum Gasteiger partial charge on any atom is 0.328 e. The van der Waals surface area contributed by atoms with Crippen LogP contribution < -0.4 is 5.73 Å². The highest BCUT2D eigenvalue weighted by Crippen LogP contribution is 2.36. The van der Waals surface area contributed by atoms with E-state index in [1.54, 1.807) is 4.90 Å². The lowest BCUT2D eigenvalue weighted by molar-refractivity contribution is -0.151. The Kier molecular flexibility index (Phi) is 2.42. The Morgan fingerprint density at radius 1 is 1.47 bits per heavy atom. The van der Waals surface area contributed by atoms with Crippen LogP contribution >= 0.6 is 0 Å². The van der Waals surface area contributed by atoms with Crippen LogP contribution in [0.5, 0.6) is 0 Å². The Hall–Kier alpha value is -1.10. The van der Waals surface area contributed by atoms with Crippen molar-refractivity contribution in [1.29, 1.82) is 0 Å². The van der Waals surface area contributed by atoms with Gasteiger partial charge in [0, 0.05) is 6.54 Å². The first kappa shape index (κ1) is 10.4. The third kappa shape index (κ3) is 1.71. The molecule has 84 valence electrons. The Morgan fingerprint density at radius 3 is 2.67 bits per heavy atom. The lowest BCUT2D eigenvalue weighted by Crippen LogP contribution is -2.50. The van der Waals surface area contributed by atoms with E-state index in [0.717, 1.165) is 19.3 Å². The zero-order valence-electron chi connectivity index (χ0n) is 8.86. The summed E-state index contributed by atoms with van der Waals surface area (Å²) in [7, 11) is 1.35. The number of carbonyl (C=O) groups excluding carboxylic acids is 2. The van der Waals surface area contributed by atoms with E-state index in [0.29, 0.717) is 13.0 Å². The molecule has 5 heteroatoms. The Balaban J connectivity index is 2.07. The summed E-state index contributed by atoms with van der Waals surface area (Å²) in [6.45, 7) is 0.623. The maximum absolute atomic E-state index is 12.0. The molecule has 1 saturated carbocycles. The molecule has 0 spiro atoms. The second kappa shape index (κ2) is 3.48. The summed E-state index contributed by atoms with van der Waals surface area (Å²) in [6.07, 6.45) is 3.00. The third-order valence-corrected chi connectivity index (χ3v) is 3.20. The van der Waals surface area contributed by atoms with Crippen molar-refractivity contribution >= 4 is 11.9 Å². The monoisotopic (exact) mass is 212 g/mol. The Morgan fingerprint density at radius 2 is 2.13 bits per heavy atom. The molecule has 0 aromatic carbocycles. The number of hydrogen-bond donors (Lipinski definition) is 1. The molecule has 0 radical (unpaired) electrons. The van der Waals surface area contributed by atoms with Gasteiger partial charge in [0.15, 0.2) is 0 Å². The van der Waals surface area contributed by atoms with Gasteiger partial charge in [-0.15, -0.1) is 0 Å². The van der Waals surface area contributed by atoms with Gasteiger partial charge in [0.1, 0.15) is 6.04 Å². The van der Waals surface area contributed by atoms with Crippen LogP contribution in [0, 0.1) is 0 Å². The molecule has 1 aliphatic heterocycles. The van der Waals surface area contributed by atoms with E-state index >= 15 is 0 Å². The van der Waals surface area contributed by atoms with Crippen LogP contribution in [0.25, 0.3) is 0 Å². The largest absolute Gasteiger partial charge is 0.467 e. The van der Waals surface area contributed by atoms with E-state index in [1.807, 2.05) is 0 Å². The molecule has 2 rings (SSSR count). The van der Waals surface area contributed by atoms with Crippen molar-refractivity contribution in [1.82, 2.24) is 4.90 Å². The number of methoxy groups -OCH3 is 1. The standard InChI is InChI=1S/C10H16N2O3/c1-15-8(13)7-3-2-6-12(7)9(14)10(11)4-5-10/h7H,2-6,11H2,1H3. The van der Waals surface area contributed by atoms with Crippen molar-refractivity contribution in [3.05, 3.63) is 0 Å². The Bertz CT molecular complexity index is 299. The summed E-state index contributed by atoms with van der Waals surface area (Å²) < 4.78 is 4.67. The van der Waals surface area contributed by atoms with Crippen LogP contribution in [0.3, 0.4) is 0 Å². The van der Waals surface area contributed by atoms with Gasteiger partial charge in [0.05, 0.1) is 12.6 Å². The summed E-state index contributed by atoms with van der Waals surface area (Å²) >= 11 is 0. The first-order chi connectivity index (χ1) is 7.08. The zero-order valence-corrected chi connectivity index (χ0v) is 8.86. The average Bonchev–Trinajstić information content (AvgIpc) is 2.83. The molecular formula is C10H16N2O3. The van der Waals surface area contributed by atoms with Gasteiger partial charge in [-0.2, -0.15) is 0 Å². The first-order valence-corrected chi connectivity index (χ1v) is 5.26. The number of likely N-dealkylation sites (tertiary alicyclic amines) is 1. The summed E-state index contributed by atoms with van der Waals surface area (Å²) in [4.78, 5) is 25.0. The molecule has 0 bridgehead atoms. The van der Waals surface area contributed by atoms with E-state index in [4.69, 9.17) is 5.73 Å². The lowest BCUT2D eigenvalue weighted by atomic mass is 10.2. The van der Waals surface area contributed by atoms with Crippen LogP contribution in [0.1, 0.15) is 25.7 Å². The second-order valence-electron chi connectivity index (χ2n) is 4.34. The van der Waals surface area contributed by atoms with Crippen LogP contribution in [0.2, 0.25) is 0 Å². The van der Waals surface area contributed by atoms with Crippen molar-refractivity contribution in [2.24, 2.45) is 5.73 Å². The average molecular weight is 212 g/mol. The fourth-order valence-corrected chi connectivity index (χ4v) is 2.03. The maximum atomic E-state index is 12.0. The summed E-state index contributed by atoms with van der Waals surface area (Å²) in [5.41, 5.74) is 5.15. The van der Waals surface area contributed by atoms with Gasteiger partial charge < -0.3 is 15.4 Å². The molecule has 1 amide bonds. The predicted molar refractivity (Wildman–Crippen MR) is 52.9 cm³/mol. The van der Waals surface area contributed by atoms with Gasteiger partial charge in [-0.05, 0) is 25.7 Å². The molecule has 1 heterocycles. The van der Waals surface area contributed by atoms with E-state index in [2.05, 4.69) is 4.74 Å². The number of rotatable bonds is 2. The SMILES string of the molecule is COC(=O)C1CCCN1C(=O)C1(N)CC1. The molecule has 1 atom stereocenters. The molecule has 1 unspecified atom stereocenters. The highest BCUT2D eigenvalue weighted by atomic mass is 16.5. The minimum absolute atomic E-state index is 0.0876. The lowest BCUT2D eigenvalue weighted by Gasteiger charge is -2.25. The van der Waals surface area contributed by atoms with Crippen LogP contribution in [-0.2, 0) is 14.3 Å². The number of nitrogens with two attached hydrogens (primary N) is 1. The van der Waals surface area contributed by atoms with E-state index in [9.17, 15) is 9.59 Å². The van der Waals surface area contributed by atoms with Crippen molar-refractivity contribution < 1.29 is 14.3 Å². The van der Waals surface area contributed by atoms with E-state index in [-0.39, 0.29) is 11.9 Å². The van der Waals surface area contributed by atoms with Crippen molar-refractivity contribution in [2.75, 3.05) is 13.7 Å². The number of carbonyl (C=O) groups is 2. The second-order valence-corrected chi connectivity index (χ2v) is 4.34. The first-order valence-electron chi connectivity index (χ1n) is 5.26. The summed E-state index contributed by atoms with van der Waals surface area (Å²) in [5.74, 6) is -0.416.